The summed E-state index contributed by atoms with van der Waals surface area (Å²) in [6, 6.07) is 12.5. The second-order valence-corrected chi connectivity index (χ2v) is 5.18. The number of non-ortho nitro benzene ring substituents is 1. The number of nitro benzene ring substituents is 1. The fourth-order valence-electron chi connectivity index (χ4n) is 1.84. The van der Waals surface area contributed by atoms with Crippen LogP contribution < -0.4 is 20.1 Å². The van der Waals surface area contributed by atoms with E-state index in [9.17, 15) is 14.9 Å². The minimum Gasteiger partial charge on any atom is -0.497 e. The van der Waals surface area contributed by atoms with Gasteiger partial charge < -0.3 is 14.8 Å². The summed E-state index contributed by atoms with van der Waals surface area (Å²) >= 11 is 5.05. The van der Waals surface area contributed by atoms with Crippen molar-refractivity contribution < 1.29 is 19.2 Å². The zero-order valence-electron chi connectivity index (χ0n) is 13.2. The highest BCUT2D eigenvalue weighted by Crippen LogP contribution is 2.17. The van der Waals surface area contributed by atoms with E-state index >= 15 is 0 Å². The van der Waals surface area contributed by atoms with Crippen LogP contribution in [0.5, 0.6) is 11.5 Å². The third kappa shape index (κ3) is 5.74. The number of nitrogens with one attached hydrogen (secondary N) is 2. The Bertz CT molecular complexity index is 780. The van der Waals surface area contributed by atoms with Crippen molar-refractivity contribution >= 4 is 34.6 Å². The van der Waals surface area contributed by atoms with Gasteiger partial charge in [-0.05, 0) is 36.5 Å². The van der Waals surface area contributed by atoms with Gasteiger partial charge in [-0.15, -0.1) is 0 Å². The lowest BCUT2D eigenvalue weighted by Crippen LogP contribution is -2.37. The molecule has 0 aliphatic rings. The van der Waals surface area contributed by atoms with E-state index in [1.54, 1.807) is 31.4 Å². The van der Waals surface area contributed by atoms with Crippen LogP contribution in [-0.4, -0.2) is 29.7 Å². The van der Waals surface area contributed by atoms with Gasteiger partial charge >= 0.3 is 0 Å². The lowest BCUT2D eigenvalue weighted by molar-refractivity contribution is -0.384. The van der Waals surface area contributed by atoms with Gasteiger partial charge in [0.2, 0.25) is 0 Å². The largest absolute Gasteiger partial charge is 0.497 e. The van der Waals surface area contributed by atoms with Gasteiger partial charge in [0.1, 0.15) is 11.5 Å². The van der Waals surface area contributed by atoms with Gasteiger partial charge in [-0.2, -0.15) is 0 Å². The number of nitrogens with zero attached hydrogens (tertiary/aromatic N) is 1. The van der Waals surface area contributed by atoms with Crippen LogP contribution in [0.15, 0.2) is 48.5 Å². The van der Waals surface area contributed by atoms with Crippen LogP contribution in [0.2, 0.25) is 0 Å². The number of thiocarbonyl (C=S) groups is 1. The summed E-state index contributed by atoms with van der Waals surface area (Å²) in [6.07, 6.45) is 0. The first-order valence-corrected chi connectivity index (χ1v) is 7.51. The first-order valence-electron chi connectivity index (χ1n) is 7.10. The van der Waals surface area contributed by atoms with Crippen LogP contribution in [0.4, 0.5) is 11.4 Å². The van der Waals surface area contributed by atoms with E-state index in [1.165, 1.54) is 24.3 Å². The molecule has 0 saturated carbocycles. The van der Waals surface area contributed by atoms with Gasteiger partial charge in [-0.3, -0.25) is 20.2 Å². The standard InChI is InChI=1S/C16H15N3O5S/c1-23-14-4-2-3-11(9-14)17-16(25)18-15(20)10-24-13-7-5-12(6-8-13)19(21)22/h2-9H,10H2,1H3,(H2,17,18,20,25). The quantitative estimate of drug-likeness (QED) is 0.463. The van der Waals surface area contributed by atoms with Crippen LogP contribution in [0, 0.1) is 10.1 Å². The maximum absolute atomic E-state index is 11.8. The molecule has 0 radical (unpaired) electrons. The van der Waals surface area contributed by atoms with Crippen molar-refractivity contribution in [1.29, 1.82) is 0 Å². The first-order chi connectivity index (χ1) is 12.0. The summed E-state index contributed by atoms with van der Waals surface area (Å²) in [6.45, 7) is -0.280. The lowest BCUT2D eigenvalue weighted by atomic mass is 10.3. The minimum atomic E-state index is -0.515. The molecule has 0 aromatic heterocycles. The Kier molecular flexibility index (Phi) is 6.24. The number of ether oxygens (including phenoxy) is 2. The number of carbonyl (C=O) groups excluding carboxylic acids is 1. The van der Waals surface area contributed by atoms with Gasteiger partial charge in [0.05, 0.1) is 12.0 Å². The molecule has 2 aromatic carbocycles. The van der Waals surface area contributed by atoms with Crippen molar-refractivity contribution in [3.8, 4) is 11.5 Å². The summed E-state index contributed by atoms with van der Waals surface area (Å²) in [5.41, 5.74) is 0.612. The van der Waals surface area contributed by atoms with Crippen molar-refractivity contribution in [3.05, 3.63) is 58.6 Å². The van der Waals surface area contributed by atoms with E-state index in [0.717, 1.165) is 0 Å². The molecule has 9 heteroatoms. The molecule has 0 unspecified atom stereocenters. The molecule has 2 N–H and O–H groups in total. The summed E-state index contributed by atoms with van der Waals surface area (Å²) in [4.78, 5) is 21.9. The van der Waals surface area contributed by atoms with Crippen LogP contribution in [0.25, 0.3) is 0 Å². The van der Waals surface area contributed by atoms with Gasteiger partial charge in [0, 0.05) is 23.9 Å². The van der Waals surface area contributed by atoms with Crippen molar-refractivity contribution in [2.24, 2.45) is 0 Å². The molecule has 2 aromatic rings. The Labute approximate surface area is 148 Å². The highest BCUT2D eigenvalue weighted by atomic mass is 32.1. The van der Waals surface area contributed by atoms with E-state index in [2.05, 4.69) is 10.6 Å². The number of hydrogen-bond acceptors (Lipinski definition) is 6. The average Bonchev–Trinajstić information content (AvgIpc) is 2.60. The number of anilines is 1. The van der Waals surface area contributed by atoms with E-state index in [4.69, 9.17) is 21.7 Å². The molecule has 0 aliphatic carbocycles. The fourth-order valence-corrected chi connectivity index (χ4v) is 2.07. The SMILES string of the molecule is COc1cccc(NC(=S)NC(=O)COc2ccc([N+](=O)[O-])cc2)c1. The number of hydrogen-bond donors (Lipinski definition) is 2. The van der Waals surface area contributed by atoms with Gasteiger partial charge in [0.25, 0.3) is 11.6 Å². The Morgan fingerprint density at radius 3 is 2.56 bits per heavy atom. The molecule has 0 aliphatic heterocycles. The molecule has 0 saturated heterocycles. The summed E-state index contributed by atoms with van der Waals surface area (Å²) in [7, 11) is 1.55. The number of nitro groups is 1. The highest BCUT2D eigenvalue weighted by Gasteiger charge is 2.08. The first kappa shape index (κ1) is 18.1. The molecule has 25 heavy (non-hydrogen) atoms. The van der Waals surface area contributed by atoms with Crippen LogP contribution in [0.1, 0.15) is 0 Å². The molecule has 1 amide bonds. The fraction of sp³-hybridized carbons (Fsp3) is 0.125. The van der Waals surface area contributed by atoms with Gasteiger partial charge in [-0.1, -0.05) is 6.07 Å². The predicted octanol–water partition coefficient (Wildman–Crippen LogP) is 2.50. The predicted molar refractivity (Wildman–Crippen MR) is 95.9 cm³/mol. The molecular formula is C16H15N3O5S. The van der Waals surface area contributed by atoms with Gasteiger partial charge in [-0.25, -0.2) is 0 Å². The third-order valence-electron chi connectivity index (χ3n) is 3.00. The van der Waals surface area contributed by atoms with Crippen molar-refractivity contribution in [3.63, 3.8) is 0 Å². The molecular weight excluding hydrogens is 346 g/mol. The van der Waals surface area contributed by atoms with E-state index < -0.39 is 10.8 Å². The molecule has 0 heterocycles. The molecule has 0 bridgehead atoms. The number of methoxy groups -OCH3 is 1. The van der Waals surface area contributed by atoms with E-state index in [0.29, 0.717) is 17.2 Å². The number of benzene rings is 2. The Balaban J connectivity index is 1.81. The van der Waals surface area contributed by atoms with Crippen molar-refractivity contribution in [2.75, 3.05) is 19.0 Å². The summed E-state index contributed by atoms with van der Waals surface area (Å²) in [5, 5.41) is 16.0. The molecule has 130 valence electrons. The molecule has 0 fully saturated rings. The normalized spacial score (nSPS) is 9.80. The minimum absolute atomic E-state index is 0.0551. The van der Waals surface area contributed by atoms with Gasteiger partial charge in [0.15, 0.2) is 11.7 Å². The molecule has 2 rings (SSSR count). The van der Waals surface area contributed by atoms with Crippen molar-refractivity contribution in [2.45, 2.75) is 0 Å². The molecule has 0 spiro atoms. The second kappa shape index (κ2) is 8.60. The Morgan fingerprint density at radius 2 is 1.92 bits per heavy atom. The number of rotatable bonds is 6. The smallest absolute Gasteiger partial charge is 0.269 e. The monoisotopic (exact) mass is 361 g/mol. The zero-order chi connectivity index (χ0) is 18.2. The summed E-state index contributed by atoms with van der Waals surface area (Å²) in [5.74, 6) is 0.534. The lowest BCUT2D eigenvalue weighted by Gasteiger charge is -2.11. The topological polar surface area (TPSA) is 103 Å². The second-order valence-electron chi connectivity index (χ2n) is 4.77. The third-order valence-corrected chi connectivity index (χ3v) is 3.20. The number of amides is 1. The molecule has 8 nitrogen and oxygen atoms in total. The molecule has 0 atom stereocenters. The Hall–Kier alpha value is -3.20. The Morgan fingerprint density at radius 1 is 1.20 bits per heavy atom. The van der Waals surface area contributed by atoms with Crippen LogP contribution in [0.3, 0.4) is 0 Å². The summed E-state index contributed by atoms with van der Waals surface area (Å²) < 4.78 is 10.3. The maximum Gasteiger partial charge on any atom is 0.269 e. The van der Waals surface area contributed by atoms with Crippen LogP contribution in [-0.2, 0) is 4.79 Å². The average molecular weight is 361 g/mol. The van der Waals surface area contributed by atoms with E-state index in [-0.39, 0.29) is 17.4 Å². The zero-order valence-corrected chi connectivity index (χ0v) is 14.0. The van der Waals surface area contributed by atoms with Crippen LogP contribution >= 0.6 is 12.2 Å². The van der Waals surface area contributed by atoms with E-state index in [1.807, 2.05) is 0 Å². The number of carbonyl (C=O) groups is 1. The van der Waals surface area contributed by atoms with Crippen molar-refractivity contribution in [1.82, 2.24) is 5.32 Å². The highest BCUT2D eigenvalue weighted by molar-refractivity contribution is 7.80. The maximum atomic E-state index is 11.8.